The van der Waals surface area contributed by atoms with Crippen LogP contribution in [0.5, 0.6) is 0 Å². The smallest absolute Gasteiger partial charge is 0.394 e. The van der Waals surface area contributed by atoms with E-state index in [4.69, 9.17) is 23.3 Å². The van der Waals surface area contributed by atoms with Crippen LogP contribution in [-0.4, -0.2) is 29.5 Å². The molecule has 0 radical (unpaired) electrons. The van der Waals surface area contributed by atoms with E-state index in [2.05, 4.69) is 6.92 Å². The van der Waals surface area contributed by atoms with Crippen LogP contribution < -0.4 is 5.73 Å². The monoisotopic (exact) mass is 189 g/mol. The molecule has 0 rings (SSSR count). The first-order valence-corrected chi connectivity index (χ1v) is 4.21. The molecule has 6 N–H and O–H groups in total. The second kappa shape index (κ2) is 9.79. The van der Waals surface area contributed by atoms with E-state index in [-0.39, 0.29) is 5.48 Å². The highest BCUT2D eigenvalue weighted by Gasteiger charge is 1.84. The third-order valence-corrected chi connectivity index (χ3v) is 0.558. The van der Waals surface area contributed by atoms with E-state index >= 15 is 0 Å². The van der Waals surface area contributed by atoms with E-state index in [0.29, 0.717) is 0 Å². The third-order valence-electron chi connectivity index (χ3n) is 0.558. The standard InChI is InChI=1S/C4H11N.H2O4S.H2O/c1-2-3-4-5;1-5(2,3)4;/h2-5H2,1H3;(H2,1,2,3,4);1H2. The van der Waals surface area contributed by atoms with Crippen LogP contribution in [0.3, 0.4) is 0 Å². The fourth-order valence-electron chi connectivity index (χ4n) is 0.204. The lowest BCUT2D eigenvalue weighted by molar-refractivity contribution is 0.381. The van der Waals surface area contributed by atoms with Crippen molar-refractivity contribution >= 4 is 10.4 Å². The summed E-state index contributed by atoms with van der Waals surface area (Å²) >= 11 is 0. The van der Waals surface area contributed by atoms with E-state index in [1.54, 1.807) is 0 Å². The van der Waals surface area contributed by atoms with Gasteiger partial charge in [-0.2, -0.15) is 8.42 Å². The SMILES string of the molecule is CCCCN.O.O=S(=O)(O)O. The molecule has 0 bridgehead atoms. The maximum absolute atomic E-state index is 8.74. The lowest BCUT2D eigenvalue weighted by atomic mass is 10.3. The molecule has 0 amide bonds. The maximum Gasteiger partial charge on any atom is 0.394 e. The predicted molar refractivity (Wildman–Crippen MR) is 41.8 cm³/mol. The molecule has 0 unspecified atom stereocenters. The van der Waals surface area contributed by atoms with Gasteiger partial charge in [0.15, 0.2) is 0 Å². The summed E-state index contributed by atoms with van der Waals surface area (Å²) in [6.07, 6.45) is 2.39. The molecule has 0 aromatic rings. The Bertz CT molecular complexity index is 133. The zero-order chi connectivity index (χ0) is 8.62. The Morgan fingerprint density at radius 3 is 1.64 bits per heavy atom. The van der Waals surface area contributed by atoms with Crippen molar-refractivity contribution in [3.05, 3.63) is 0 Å². The van der Waals surface area contributed by atoms with E-state index in [1.165, 1.54) is 12.8 Å². The zero-order valence-corrected chi connectivity index (χ0v) is 7.13. The number of rotatable bonds is 2. The van der Waals surface area contributed by atoms with Gasteiger partial charge in [-0.05, 0) is 13.0 Å². The van der Waals surface area contributed by atoms with Crippen LogP contribution in [0.25, 0.3) is 0 Å². The minimum atomic E-state index is -4.67. The molecular weight excluding hydrogens is 174 g/mol. The van der Waals surface area contributed by atoms with Crippen molar-refractivity contribution in [1.29, 1.82) is 0 Å². The molecule has 72 valence electrons. The molecular formula is C4H15NO5S. The van der Waals surface area contributed by atoms with E-state index in [1.807, 2.05) is 0 Å². The lowest BCUT2D eigenvalue weighted by Gasteiger charge is -1.80. The Kier molecular flexibility index (Phi) is 15.2. The van der Waals surface area contributed by atoms with Crippen LogP contribution in [-0.2, 0) is 10.4 Å². The average Bonchev–Trinajstić information content (AvgIpc) is 1.63. The van der Waals surface area contributed by atoms with Crippen LogP contribution in [0.1, 0.15) is 19.8 Å². The molecule has 0 saturated heterocycles. The van der Waals surface area contributed by atoms with Gasteiger partial charge in [-0.25, -0.2) is 0 Å². The van der Waals surface area contributed by atoms with Crippen molar-refractivity contribution < 1.29 is 23.0 Å². The second-order valence-corrected chi connectivity index (χ2v) is 2.49. The quantitative estimate of drug-likeness (QED) is 0.492. The van der Waals surface area contributed by atoms with Gasteiger partial charge in [0.1, 0.15) is 0 Å². The lowest BCUT2D eigenvalue weighted by Crippen LogP contribution is -1.95. The molecule has 0 saturated carbocycles. The van der Waals surface area contributed by atoms with Crippen LogP contribution in [0.2, 0.25) is 0 Å². The summed E-state index contributed by atoms with van der Waals surface area (Å²) in [6, 6.07) is 0. The van der Waals surface area contributed by atoms with Gasteiger partial charge in [-0.3, -0.25) is 9.11 Å². The molecule has 0 heterocycles. The summed E-state index contributed by atoms with van der Waals surface area (Å²) in [5, 5.41) is 0. The fourth-order valence-corrected chi connectivity index (χ4v) is 0.204. The number of hydrogen-bond donors (Lipinski definition) is 3. The molecule has 0 aliphatic heterocycles. The average molecular weight is 189 g/mol. The molecule has 0 aromatic carbocycles. The van der Waals surface area contributed by atoms with Crippen LogP contribution in [0.15, 0.2) is 0 Å². The van der Waals surface area contributed by atoms with Gasteiger partial charge in [0.25, 0.3) is 0 Å². The van der Waals surface area contributed by atoms with Crippen LogP contribution >= 0.6 is 0 Å². The van der Waals surface area contributed by atoms with Gasteiger partial charge in [0, 0.05) is 0 Å². The van der Waals surface area contributed by atoms with Crippen molar-refractivity contribution in [2.75, 3.05) is 6.54 Å². The highest BCUT2D eigenvalue weighted by molar-refractivity contribution is 7.79. The van der Waals surface area contributed by atoms with Crippen molar-refractivity contribution in [2.24, 2.45) is 5.73 Å². The highest BCUT2D eigenvalue weighted by atomic mass is 32.3. The minimum absolute atomic E-state index is 0. The Morgan fingerprint density at radius 1 is 1.36 bits per heavy atom. The van der Waals surface area contributed by atoms with Gasteiger partial charge in [-0.15, -0.1) is 0 Å². The molecule has 0 spiro atoms. The Hall–Kier alpha value is -0.210. The second-order valence-electron chi connectivity index (χ2n) is 1.59. The van der Waals surface area contributed by atoms with Crippen LogP contribution in [0, 0.1) is 0 Å². The topological polar surface area (TPSA) is 132 Å². The van der Waals surface area contributed by atoms with Gasteiger partial charge in [0.2, 0.25) is 0 Å². The highest BCUT2D eigenvalue weighted by Crippen LogP contribution is 1.77. The van der Waals surface area contributed by atoms with Crippen molar-refractivity contribution in [3.63, 3.8) is 0 Å². The molecule has 0 aliphatic carbocycles. The van der Waals surface area contributed by atoms with Gasteiger partial charge >= 0.3 is 10.4 Å². The molecule has 7 heteroatoms. The summed E-state index contributed by atoms with van der Waals surface area (Å²) in [5.74, 6) is 0. The molecule has 0 fully saturated rings. The van der Waals surface area contributed by atoms with E-state index in [9.17, 15) is 0 Å². The number of nitrogens with two attached hydrogens (primary N) is 1. The number of unbranched alkanes of at least 4 members (excludes halogenated alkanes) is 1. The fraction of sp³-hybridized carbons (Fsp3) is 1.00. The minimum Gasteiger partial charge on any atom is -0.412 e. The zero-order valence-electron chi connectivity index (χ0n) is 6.32. The van der Waals surface area contributed by atoms with Crippen molar-refractivity contribution in [3.8, 4) is 0 Å². The normalized spacial score (nSPS) is 9.09. The third kappa shape index (κ3) is 185. The molecule has 0 aromatic heterocycles. The first-order chi connectivity index (χ1) is 4.41. The summed E-state index contributed by atoms with van der Waals surface area (Å²) in [4.78, 5) is 0. The first kappa shape index (κ1) is 17.0. The first-order valence-electron chi connectivity index (χ1n) is 2.81. The summed E-state index contributed by atoms with van der Waals surface area (Å²) < 4.78 is 31.6. The van der Waals surface area contributed by atoms with Gasteiger partial charge in [-0.1, -0.05) is 13.3 Å². The Labute approximate surface area is 66.3 Å². The largest absolute Gasteiger partial charge is 0.412 e. The van der Waals surface area contributed by atoms with Crippen molar-refractivity contribution in [2.45, 2.75) is 19.8 Å². The Morgan fingerprint density at radius 2 is 1.64 bits per heavy atom. The molecule has 6 nitrogen and oxygen atoms in total. The molecule has 11 heavy (non-hydrogen) atoms. The van der Waals surface area contributed by atoms with Crippen molar-refractivity contribution in [1.82, 2.24) is 0 Å². The van der Waals surface area contributed by atoms with Crippen LogP contribution in [0.4, 0.5) is 0 Å². The van der Waals surface area contributed by atoms with E-state index in [0.717, 1.165) is 6.54 Å². The molecule has 0 aliphatic rings. The van der Waals surface area contributed by atoms with Gasteiger partial charge in [0.05, 0.1) is 0 Å². The predicted octanol–water partition coefficient (Wildman–Crippen LogP) is -0.732. The summed E-state index contributed by atoms with van der Waals surface area (Å²) in [7, 11) is -4.67. The summed E-state index contributed by atoms with van der Waals surface area (Å²) in [5.41, 5.74) is 5.14. The summed E-state index contributed by atoms with van der Waals surface area (Å²) in [6.45, 7) is 2.98. The maximum atomic E-state index is 8.74. The number of hydrogen-bond acceptors (Lipinski definition) is 3. The van der Waals surface area contributed by atoms with E-state index < -0.39 is 10.4 Å². The van der Waals surface area contributed by atoms with Gasteiger partial charge < -0.3 is 11.2 Å². The Balaban J connectivity index is -0.000000107. The molecule has 0 atom stereocenters.